The van der Waals surface area contributed by atoms with Crippen molar-refractivity contribution in [2.45, 2.75) is 6.92 Å². The highest BCUT2D eigenvalue weighted by molar-refractivity contribution is 5.71. The van der Waals surface area contributed by atoms with Crippen LogP contribution >= 0.6 is 0 Å². The number of carbonyl (C=O) groups excluding carboxylic acids is 1. The number of aromatic nitrogens is 5. The van der Waals surface area contributed by atoms with Gasteiger partial charge in [0, 0.05) is 32.0 Å². The summed E-state index contributed by atoms with van der Waals surface area (Å²) in [6.07, 6.45) is 3.38. The van der Waals surface area contributed by atoms with E-state index in [1.165, 1.54) is 4.68 Å². The van der Waals surface area contributed by atoms with Gasteiger partial charge in [-0.1, -0.05) is 0 Å². The molecule has 0 fully saturated rings. The smallest absolute Gasteiger partial charge is 0.312 e. The van der Waals surface area contributed by atoms with Gasteiger partial charge in [-0.3, -0.25) is 0 Å². The molecule has 0 aromatic carbocycles. The predicted molar refractivity (Wildman–Crippen MR) is 77.2 cm³/mol. The number of hydrogen-bond acceptors (Lipinski definition) is 7. The van der Waals surface area contributed by atoms with Gasteiger partial charge in [-0.2, -0.15) is 20.1 Å². The molecule has 0 atom stereocenters. The maximum absolute atomic E-state index is 10.6. The minimum atomic E-state index is -0.571. The first-order valence-corrected chi connectivity index (χ1v) is 6.46. The Balaban J connectivity index is 2.10. The summed E-state index contributed by atoms with van der Waals surface area (Å²) in [6, 6.07) is 1.21. The first kappa shape index (κ1) is 14.5. The molecule has 2 amide bonds. The van der Waals surface area contributed by atoms with Crippen LogP contribution < -0.4 is 21.7 Å². The first-order chi connectivity index (χ1) is 10.2. The van der Waals surface area contributed by atoms with E-state index >= 15 is 0 Å². The zero-order chi connectivity index (χ0) is 15.1. The Kier molecular flexibility index (Phi) is 4.85. The molecule has 2 aromatic heterocycles. The number of anilines is 2. The van der Waals surface area contributed by atoms with Crippen molar-refractivity contribution in [3.63, 3.8) is 0 Å². The fraction of sp³-hybridized carbons (Fsp3) is 0.364. The summed E-state index contributed by atoms with van der Waals surface area (Å²) in [6.45, 7) is 3.44. The third kappa shape index (κ3) is 4.30. The fourth-order valence-corrected chi connectivity index (χ4v) is 1.53. The van der Waals surface area contributed by atoms with Crippen LogP contribution in [0.15, 0.2) is 18.5 Å². The van der Waals surface area contributed by atoms with Crippen molar-refractivity contribution in [3.8, 4) is 5.95 Å². The molecule has 0 unspecified atom stereocenters. The zero-order valence-electron chi connectivity index (χ0n) is 11.6. The van der Waals surface area contributed by atoms with Gasteiger partial charge in [0.1, 0.15) is 0 Å². The van der Waals surface area contributed by atoms with Crippen molar-refractivity contribution < 1.29 is 4.79 Å². The number of nitrogens with two attached hydrogens (primary N) is 1. The molecule has 0 spiro atoms. The van der Waals surface area contributed by atoms with Crippen LogP contribution in [0.2, 0.25) is 0 Å². The van der Waals surface area contributed by atoms with Crippen LogP contribution in [0.4, 0.5) is 16.7 Å². The molecule has 0 aliphatic carbocycles. The monoisotopic (exact) mass is 291 g/mol. The topological polar surface area (TPSA) is 136 Å². The molecule has 10 heteroatoms. The molecule has 0 aliphatic heterocycles. The van der Waals surface area contributed by atoms with Gasteiger partial charge < -0.3 is 21.7 Å². The summed E-state index contributed by atoms with van der Waals surface area (Å²) in [5.74, 6) is 1.23. The van der Waals surface area contributed by atoms with Gasteiger partial charge in [0.15, 0.2) is 0 Å². The van der Waals surface area contributed by atoms with Crippen molar-refractivity contribution in [1.29, 1.82) is 0 Å². The van der Waals surface area contributed by atoms with E-state index in [1.807, 2.05) is 6.92 Å². The second kappa shape index (κ2) is 7.03. The van der Waals surface area contributed by atoms with Crippen LogP contribution in [0.5, 0.6) is 0 Å². The molecular formula is C11H17N9O. The van der Waals surface area contributed by atoms with E-state index in [9.17, 15) is 4.79 Å². The van der Waals surface area contributed by atoms with Gasteiger partial charge >= 0.3 is 6.03 Å². The molecule has 2 heterocycles. The Hall–Kier alpha value is -2.91. The number of hydrogen-bond donors (Lipinski definition) is 4. The third-order valence-corrected chi connectivity index (χ3v) is 2.38. The van der Waals surface area contributed by atoms with Crippen molar-refractivity contribution in [3.05, 3.63) is 18.5 Å². The number of carbonyl (C=O) groups is 1. The lowest BCUT2D eigenvalue weighted by atomic mass is 10.6. The van der Waals surface area contributed by atoms with E-state index in [-0.39, 0.29) is 0 Å². The third-order valence-electron chi connectivity index (χ3n) is 2.38. The standard InChI is InChI=1S/C11H17N9O/c1-2-13-9-17-10(15-6-5-14-8(12)21)19-11(18-9)20-7-3-4-16-20/h3-4,7H,2,5-6H2,1H3,(H3,12,14,21)(H2,13,15,17,18,19). The maximum atomic E-state index is 10.6. The summed E-state index contributed by atoms with van der Waals surface area (Å²) < 4.78 is 1.54. The molecule has 10 nitrogen and oxygen atoms in total. The van der Waals surface area contributed by atoms with E-state index in [0.29, 0.717) is 37.5 Å². The quantitative estimate of drug-likeness (QED) is 0.508. The van der Waals surface area contributed by atoms with Crippen molar-refractivity contribution in [2.75, 3.05) is 30.3 Å². The van der Waals surface area contributed by atoms with Crippen LogP contribution in [0.3, 0.4) is 0 Å². The molecule has 0 saturated carbocycles. The highest BCUT2D eigenvalue weighted by atomic mass is 16.2. The van der Waals surface area contributed by atoms with Crippen LogP contribution in [-0.2, 0) is 0 Å². The zero-order valence-corrected chi connectivity index (χ0v) is 11.6. The molecule has 0 bridgehead atoms. The van der Waals surface area contributed by atoms with Crippen LogP contribution in [0, 0.1) is 0 Å². The van der Waals surface area contributed by atoms with E-state index < -0.39 is 6.03 Å². The van der Waals surface area contributed by atoms with E-state index in [1.54, 1.807) is 18.5 Å². The fourth-order valence-electron chi connectivity index (χ4n) is 1.53. The largest absolute Gasteiger partial charge is 0.354 e. The van der Waals surface area contributed by atoms with E-state index in [0.717, 1.165) is 0 Å². The maximum Gasteiger partial charge on any atom is 0.312 e. The summed E-state index contributed by atoms with van der Waals surface area (Å²) in [4.78, 5) is 23.3. The number of urea groups is 1. The van der Waals surface area contributed by atoms with Gasteiger partial charge in [0.05, 0.1) is 0 Å². The second-order valence-corrected chi connectivity index (χ2v) is 3.98. The van der Waals surface area contributed by atoms with E-state index in [4.69, 9.17) is 5.73 Å². The Morgan fingerprint density at radius 3 is 2.62 bits per heavy atom. The second-order valence-electron chi connectivity index (χ2n) is 3.98. The summed E-state index contributed by atoms with van der Waals surface area (Å²) in [5.41, 5.74) is 4.98. The van der Waals surface area contributed by atoms with Crippen molar-refractivity contribution in [1.82, 2.24) is 30.0 Å². The molecule has 5 N–H and O–H groups in total. The Morgan fingerprint density at radius 2 is 2.00 bits per heavy atom. The van der Waals surface area contributed by atoms with E-state index in [2.05, 4.69) is 36.0 Å². The molecule has 2 rings (SSSR count). The molecule has 0 aliphatic rings. The van der Waals surface area contributed by atoms with Gasteiger partial charge in [0.2, 0.25) is 11.9 Å². The molecular weight excluding hydrogens is 274 g/mol. The summed E-state index contributed by atoms with van der Waals surface area (Å²) in [5, 5.41) is 12.6. The minimum absolute atomic E-state index is 0.370. The van der Waals surface area contributed by atoms with Gasteiger partial charge in [-0.25, -0.2) is 9.48 Å². The highest BCUT2D eigenvalue weighted by Gasteiger charge is 2.07. The summed E-state index contributed by atoms with van der Waals surface area (Å²) >= 11 is 0. The molecule has 112 valence electrons. The molecule has 21 heavy (non-hydrogen) atoms. The number of primary amides is 1. The average Bonchev–Trinajstić information content (AvgIpc) is 2.98. The lowest BCUT2D eigenvalue weighted by Crippen LogP contribution is -2.33. The highest BCUT2D eigenvalue weighted by Crippen LogP contribution is 2.08. The normalized spacial score (nSPS) is 10.1. The van der Waals surface area contributed by atoms with Gasteiger partial charge in [0.25, 0.3) is 5.95 Å². The molecule has 2 aromatic rings. The number of nitrogens with zero attached hydrogens (tertiary/aromatic N) is 5. The molecule has 0 radical (unpaired) electrons. The summed E-state index contributed by atoms with van der Waals surface area (Å²) in [7, 11) is 0. The van der Waals surface area contributed by atoms with Gasteiger partial charge in [-0.05, 0) is 13.0 Å². The SMILES string of the molecule is CCNc1nc(NCCNC(N)=O)nc(-n2cccn2)n1. The van der Waals surface area contributed by atoms with Crippen LogP contribution in [0.1, 0.15) is 6.92 Å². The van der Waals surface area contributed by atoms with Gasteiger partial charge in [-0.15, -0.1) is 0 Å². The minimum Gasteiger partial charge on any atom is -0.354 e. The van der Waals surface area contributed by atoms with Crippen LogP contribution in [0.25, 0.3) is 5.95 Å². The van der Waals surface area contributed by atoms with Crippen LogP contribution in [-0.4, -0.2) is 50.4 Å². The van der Waals surface area contributed by atoms with Crippen molar-refractivity contribution in [2.24, 2.45) is 5.73 Å². The lowest BCUT2D eigenvalue weighted by Gasteiger charge is -2.09. The Labute approximate surface area is 121 Å². The number of amides is 2. The number of nitrogens with one attached hydrogen (secondary N) is 3. The Bertz CT molecular complexity index is 583. The first-order valence-electron chi connectivity index (χ1n) is 6.46. The Morgan fingerprint density at radius 1 is 1.24 bits per heavy atom. The van der Waals surface area contributed by atoms with Crippen molar-refractivity contribution >= 4 is 17.9 Å². The molecule has 0 saturated heterocycles. The average molecular weight is 291 g/mol. The predicted octanol–water partition coefficient (Wildman–Crippen LogP) is -0.431. The lowest BCUT2D eigenvalue weighted by molar-refractivity contribution is 0.249. The number of rotatable bonds is 7.